The van der Waals surface area contributed by atoms with Gasteiger partial charge >= 0.3 is 5.97 Å². The fourth-order valence-electron chi connectivity index (χ4n) is 6.90. The van der Waals surface area contributed by atoms with Crippen LogP contribution in [0.25, 0.3) is 0 Å². The van der Waals surface area contributed by atoms with Gasteiger partial charge in [-0.1, -0.05) is 251 Å². The fraction of sp³-hybridized carbons (Fsp3) is 0.978. The number of hydrogen-bond acceptors (Lipinski definition) is 3. The summed E-state index contributed by atoms with van der Waals surface area (Å²) in [5.74, 6) is -0.651. The first-order valence-electron chi connectivity index (χ1n) is 22.6. The van der Waals surface area contributed by atoms with Gasteiger partial charge in [0, 0.05) is 6.42 Å². The summed E-state index contributed by atoms with van der Waals surface area (Å²) in [5.41, 5.74) is 0. The third-order valence-corrected chi connectivity index (χ3v) is 10.3. The van der Waals surface area contributed by atoms with Gasteiger partial charge in [-0.15, -0.1) is 0 Å². The molecule has 1 unspecified atom stereocenters. The number of hydrogen-bond donors (Lipinski definition) is 3. The van der Waals surface area contributed by atoms with Crippen LogP contribution in [0.2, 0.25) is 0 Å². The number of carbonyl (C=O) groups is 1. The first-order valence-corrected chi connectivity index (χ1v) is 22.6. The van der Waals surface area contributed by atoms with Crippen molar-refractivity contribution in [2.45, 2.75) is 277 Å². The Bertz CT molecular complexity index is 580. The maximum atomic E-state index is 10.4. The molecule has 0 aliphatic carbocycles. The molecule has 0 bridgehead atoms. The topological polar surface area (TPSA) is 77.8 Å². The third kappa shape index (κ3) is 51.9. The number of aliphatic carboxylic acids is 1. The summed E-state index contributed by atoms with van der Waals surface area (Å²) in [7, 11) is 0. The summed E-state index contributed by atoms with van der Waals surface area (Å²) in [6.45, 7) is 4.49. The monoisotopic (exact) mass is 697 g/mol. The summed E-state index contributed by atoms with van der Waals surface area (Å²) in [4.78, 5) is 10.4. The van der Waals surface area contributed by atoms with Crippen molar-refractivity contribution in [3.05, 3.63) is 0 Å². The van der Waals surface area contributed by atoms with Crippen molar-refractivity contribution in [3.63, 3.8) is 0 Å². The van der Waals surface area contributed by atoms with E-state index >= 15 is 0 Å². The highest BCUT2D eigenvalue weighted by molar-refractivity contribution is 5.66. The van der Waals surface area contributed by atoms with E-state index in [1.807, 2.05) is 0 Å². The molecule has 0 heterocycles. The molecule has 0 aromatic carbocycles. The van der Waals surface area contributed by atoms with Gasteiger partial charge in [-0.3, -0.25) is 4.79 Å². The number of carboxylic acid groups (broad SMARTS) is 1. The molecule has 0 aliphatic heterocycles. The lowest BCUT2D eigenvalue weighted by Gasteiger charge is -2.06. The normalized spacial score (nSPS) is 11.8. The molecule has 0 saturated heterocycles. The van der Waals surface area contributed by atoms with E-state index in [0.717, 1.165) is 25.7 Å². The van der Waals surface area contributed by atoms with Crippen LogP contribution in [0.15, 0.2) is 0 Å². The van der Waals surface area contributed by atoms with E-state index in [1.54, 1.807) is 0 Å². The van der Waals surface area contributed by atoms with Gasteiger partial charge in [0.1, 0.15) is 0 Å². The minimum Gasteiger partial charge on any atom is -0.481 e. The first kappa shape index (κ1) is 50.5. The summed E-state index contributed by atoms with van der Waals surface area (Å²) < 4.78 is 0. The lowest BCUT2D eigenvalue weighted by atomic mass is 10.0. The largest absolute Gasteiger partial charge is 0.481 e. The molecule has 0 rings (SSSR count). The molecule has 296 valence electrons. The van der Waals surface area contributed by atoms with E-state index in [2.05, 4.69) is 13.8 Å². The van der Waals surface area contributed by atoms with Gasteiger partial charge in [0.2, 0.25) is 0 Å². The van der Waals surface area contributed by atoms with Crippen LogP contribution in [0.1, 0.15) is 271 Å². The Morgan fingerprint density at radius 1 is 0.367 bits per heavy atom. The molecule has 4 heteroatoms. The quantitative estimate of drug-likeness (QED) is 0.0556. The summed E-state index contributed by atoms with van der Waals surface area (Å²) in [5, 5.41) is 26.5. The standard InChI is InChI=1S/C23H48O2.C22H44O2/c1-2-3-4-5-6-7-8-9-10-11-12-13-14-15-16-17-18-19-20-21-23(25)22-24;1-2-3-4-5-6-7-8-9-10-11-12-13-14-15-16-17-18-19-20-21-22(23)24/h23-25H,2-22H2,1H3;2-21H2,1H3,(H,23,24). The van der Waals surface area contributed by atoms with Crippen LogP contribution in [0.5, 0.6) is 0 Å². The molecule has 0 aliphatic rings. The summed E-state index contributed by atoms with van der Waals surface area (Å²) >= 11 is 0. The highest BCUT2D eigenvalue weighted by atomic mass is 16.4. The third-order valence-electron chi connectivity index (χ3n) is 10.3. The van der Waals surface area contributed by atoms with E-state index < -0.39 is 12.1 Å². The highest BCUT2D eigenvalue weighted by Gasteiger charge is 2.01. The number of aliphatic hydroxyl groups is 2. The SMILES string of the molecule is CCCCCCCCCCCCCCCCCCCCCC(=O)O.CCCCCCCCCCCCCCCCCCCCCC(O)CO. The zero-order chi connectivity index (χ0) is 36.1. The molecule has 0 aromatic rings. The van der Waals surface area contributed by atoms with Crippen molar-refractivity contribution in [1.29, 1.82) is 0 Å². The van der Waals surface area contributed by atoms with Gasteiger partial charge in [0.25, 0.3) is 0 Å². The number of unbranched alkanes of at least 4 members (excludes halogenated alkanes) is 36. The Morgan fingerprint density at radius 2 is 0.571 bits per heavy atom. The number of carboxylic acids is 1. The van der Waals surface area contributed by atoms with E-state index in [9.17, 15) is 9.90 Å². The zero-order valence-electron chi connectivity index (χ0n) is 33.8. The minimum atomic E-state index is -0.651. The van der Waals surface area contributed by atoms with Crippen molar-refractivity contribution in [2.24, 2.45) is 0 Å². The van der Waals surface area contributed by atoms with Crippen LogP contribution in [-0.4, -0.2) is 34.0 Å². The molecule has 0 amide bonds. The Balaban J connectivity index is 0. The molecule has 0 aromatic heterocycles. The second-order valence-electron chi connectivity index (χ2n) is 15.5. The predicted octanol–water partition coefficient (Wildman–Crippen LogP) is 15.1. The molecule has 3 N–H and O–H groups in total. The van der Waals surface area contributed by atoms with Gasteiger partial charge in [0.05, 0.1) is 12.7 Å². The van der Waals surface area contributed by atoms with Gasteiger partial charge in [-0.25, -0.2) is 0 Å². The molecule has 1 atom stereocenters. The molecule has 0 fully saturated rings. The van der Waals surface area contributed by atoms with Crippen molar-refractivity contribution in [2.75, 3.05) is 6.61 Å². The average Bonchev–Trinajstić information content (AvgIpc) is 3.10. The Labute approximate surface area is 308 Å². The van der Waals surface area contributed by atoms with E-state index in [1.165, 1.54) is 225 Å². The minimum absolute atomic E-state index is 0.0843. The molecule has 49 heavy (non-hydrogen) atoms. The van der Waals surface area contributed by atoms with E-state index in [-0.39, 0.29) is 6.61 Å². The summed E-state index contributed by atoms with van der Waals surface area (Å²) in [6.07, 6.45) is 52.7. The van der Waals surface area contributed by atoms with E-state index in [4.69, 9.17) is 10.2 Å². The lowest BCUT2D eigenvalue weighted by molar-refractivity contribution is -0.137. The predicted molar refractivity (Wildman–Crippen MR) is 217 cm³/mol. The van der Waals surface area contributed by atoms with Crippen molar-refractivity contribution < 1.29 is 20.1 Å². The maximum absolute atomic E-state index is 10.4. The molecular formula is C45H92O4. The number of aliphatic hydroxyl groups excluding tert-OH is 2. The molecule has 0 spiro atoms. The molecular weight excluding hydrogens is 604 g/mol. The average molecular weight is 697 g/mol. The first-order chi connectivity index (χ1) is 24.1. The second-order valence-corrected chi connectivity index (χ2v) is 15.5. The Hall–Kier alpha value is -0.610. The van der Waals surface area contributed by atoms with Gasteiger partial charge in [-0.2, -0.15) is 0 Å². The van der Waals surface area contributed by atoms with Gasteiger partial charge < -0.3 is 15.3 Å². The van der Waals surface area contributed by atoms with Crippen molar-refractivity contribution in [3.8, 4) is 0 Å². The maximum Gasteiger partial charge on any atom is 0.303 e. The number of rotatable bonds is 41. The van der Waals surface area contributed by atoms with Crippen LogP contribution in [0.4, 0.5) is 0 Å². The zero-order valence-corrected chi connectivity index (χ0v) is 33.8. The Morgan fingerprint density at radius 3 is 0.776 bits per heavy atom. The van der Waals surface area contributed by atoms with Gasteiger partial charge in [-0.05, 0) is 12.8 Å². The van der Waals surface area contributed by atoms with Crippen LogP contribution in [0, 0.1) is 0 Å². The fourth-order valence-corrected chi connectivity index (χ4v) is 6.90. The van der Waals surface area contributed by atoms with Crippen molar-refractivity contribution >= 4 is 5.97 Å². The van der Waals surface area contributed by atoms with Crippen molar-refractivity contribution in [1.82, 2.24) is 0 Å². The van der Waals surface area contributed by atoms with Crippen LogP contribution >= 0.6 is 0 Å². The van der Waals surface area contributed by atoms with Gasteiger partial charge in [0.15, 0.2) is 0 Å². The van der Waals surface area contributed by atoms with E-state index in [0.29, 0.717) is 6.42 Å². The molecule has 4 nitrogen and oxygen atoms in total. The summed E-state index contributed by atoms with van der Waals surface area (Å²) in [6, 6.07) is 0. The van der Waals surface area contributed by atoms with Crippen LogP contribution in [0.3, 0.4) is 0 Å². The second kappa shape index (κ2) is 47.4. The highest BCUT2D eigenvalue weighted by Crippen LogP contribution is 2.16. The molecule has 0 saturated carbocycles. The Kier molecular flexibility index (Phi) is 48.8. The van der Waals surface area contributed by atoms with Crippen LogP contribution < -0.4 is 0 Å². The molecule has 0 radical (unpaired) electrons. The van der Waals surface area contributed by atoms with Crippen LogP contribution in [-0.2, 0) is 4.79 Å². The lowest BCUT2D eigenvalue weighted by Crippen LogP contribution is -2.10. The smallest absolute Gasteiger partial charge is 0.303 e.